The molecule has 0 aliphatic carbocycles. The normalized spacial score (nSPS) is 14.6. The number of carbonyl (C=O) groups is 1. The van der Waals surface area contributed by atoms with Gasteiger partial charge in [0.2, 0.25) is 5.91 Å². The first-order chi connectivity index (χ1) is 10.9. The zero-order valence-electron chi connectivity index (χ0n) is 12.2. The zero-order valence-corrected chi connectivity index (χ0v) is 12.2. The predicted molar refractivity (Wildman–Crippen MR) is 80.6 cm³/mol. The summed E-state index contributed by atoms with van der Waals surface area (Å²) in [6.07, 6.45) is -4.42. The Morgan fingerprint density at radius 3 is 2.30 bits per heavy atom. The van der Waals surface area contributed by atoms with Crippen LogP contribution in [-0.2, 0) is 24.1 Å². The Bertz CT molecular complexity index is 703. The fourth-order valence-electron chi connectivity index (χ4n) is 2.69. The molecule has 2 aromatic rings. The molecular formula is C17H15F3N2O. The smallest absolute Gasteiger partial charge is 0.325 e. The number of nitrogens with zero attached hydrogens (tertiary/aromatic N) is 1. The van der Waals surface area contributed by atoms with Crippen molar-refractivity contribution >= 4 is 11.6 Å². The van der Waals surface area contributed by atoms with Crippen LogP contribution in [0.25, 0.3) is 0 Å². The number of rotatable bonds is 3. The van der Waals surface area contributed by atoms with E-state index in [9.17, 15) is 18.0 Å². The molecule has 1 N–H and O–H groups in total. The van der Waals surface area contributed by atoms with Gasteiger partial charge in [0.25, 0.3) is 0 Å². The molecule has 0 fully saturated rings. The number of fused-ring (bicyclic) bond motifs is 1. The molecule has 1 amide bonds. The van der Waals surface area contributed by atoms with Gasteiger partial charge in [0.05, 0.1) is 12.1 Å². The number of amides is 1. The summed E-state index contributed by atoms with van der Waals surface area (Å²) in [4.78, 5) is 14.0. The van der Waals surface area contributed by atoms with Crippen LogP contribution in [0, 0.1) is 0 Å². The molecule has 1 heterocycles. The maximum absolute atomic E-state index is 12.7. The molecule has 120 valence electrons. The molecular weight excluding hydrogens is 305 g/mol. The molecule has 0 saturated heterocycles. The monoisotopic (exact) mass is 320 g/mol. The lowest BCUT2D eigenvalue weighted by Crippen LogP contribution is -2.29. The van der Waals surface area contributed by atoms with Crippen molar-refractivity contribution in [1.29, 1.82) is 0 Å². The maximum Gasteiger partial charge on any atom is 0.416 e. The lowest BCUT2D eigenvalue weighted by molar-refractivity contribution is -0.137. The summed E-state index contributed by atoms with van der Waals surface area (Å²) in [5, 5.41) is 2.53. The van der Waals surface area contributed by atoms with E-state index in [2.05, 4.69) is 5.32 Å². The third kappa shape index (κ3) is 3.71. The van der Waals surface area contributed by atoms with Crippen LogP contribution in [-0.4, -0.2) is 17.4 Å². The van der Waals surface area contributed by atoms with E-state index in [0.29, 0.717) is 13.1 Å². The van der Waals surface area contributed by atoms with Crippen molar-refractivity contribution in [3.8, 4) is 0 Å². The van der Waals surface area contributed by atoms with E-state index in [-0.39, 0.29) is 18.1 Å². The van der Waals surface area contributed by atoms with Gasteiger partial charge in [-0.05, 0) is 29.3 Å². The van der Waals surface area contributed by atoms with Crippen molar-refractivity contribution in [2.45, 2.75) is 19.3 Å². The molecule has 1 aliphatic rings. The zero-order chi connectivity index (χ0) is 16.4. The van der Waals surface area contributed by atoms with Crippen molar-refractivity contribution in [2.75, 3.05) is 11.9 Å². The third-order valence-electron chi connectivity index (χ3n) is 3.75. The Kier molecular flexibility index (Phi) is 4.09. The van der Waals surface area contributed by atoms with Crippen LogP contribution >= 0.6 is 0 Å². The molecule has 0 radical (unpaired) electrons. The molecule has 6 heteroatoms. The first-order valence-corrected chi connectivity index (χ1v) is 7.18. The van der Waals surface area contributed by atoms with Crippen molar-refractivity contribution in [3.05, 3.63) is 65.2 Å². The van der Waals surface area contributed by atoms with Gasteiger partial charge in [0, 0.05) is 18.8 Å². The van der Waals surface area contributed by atoms with Crippen molar-refractivity contribution < 1.29 is 18.0 Å². The summed E-state index contributed by atoms with van der Waals surface area (Å²) in [5.74, 6) is -0.322. The summed E-state index contributed by atoms with van der Waals surface area (Å²) in [6, 6.07) is 12.6. The van der Waals surface area contributed by atoms with Gasteiger partial charge in [-0.2, -0.15) is 13.2 Å². The highest BCUT2D eigenvalue weighted by Gasteiger charge is 2.30. The minimum atomic E-state index is -4.42. The van der Waals surface area contributed by atoms with Gasteiger partial charge in [-0.15, -0.1) is 0 Å². The van der Waals surface area contributed by atoms with Crippen LogP contribution in [0.5, 0.6) is 0 Å². The third-order valence-corrected chi connectivity index (χ3v) is 3.75. The number of halogens is 3. The topological polar surface area (TPSA) is 32.3 Å². The van der Waals surface area contributed by atoms with Gasteiger partial charge in [0.15, 0.2) is 0 Å². The number of benzene rings is 2. The van der Waals surface area contributed by atoms with Crippen LogP contribution < -0.4 is 5.32 Å². The van der Waals surface area contributed by atoms with E-state index in [1.54, 1.807) is 0 Å². The molecule has 3 rings (SSSR count). The number of alkyl halides is 3. The summed E-state index contributed by atoms with van der Waals surface area (Å²) in [5.41, 5.74) is 1.74. The van der Waals surface area contributed by atoms with E-state index in [4.69, 9.17) is 0 Å². The molecule has 0 spiro atoms. The molecule has 1 aliphatic heterocycles. The van der Waals surface area contributed by atoms with E-state index < -0.39 is 11.7 Å². The minimum Gasteiger partial charge on any atom is -0.325 e. The largest absolute Gasteiger partial charge is 0.416 e. The summed E-state index contributed by atoms with van der Waals surface area (Å²) in [6.45, 7) is 1.49. The van der Waals surface area contributed by atoms with Gasteiger partial charge in [0.1, 0.15) is 0 Å². The Hall–Kier alpha value is -2.34. The average molecular weight is 320 g/mol. The maximum atomic E-state index is 12.7. The highest BCUT2D eigenvalue weighted by molar-refractivity contribution is 5.92. The summed E-state index contributed by atoms with van der Waals surface area (Å²) >= 11 is 0. The van der Waals surface area contributed by atoms with Crippen LogP contribution in [0.2, 0.25) is 0 Å². The van der Waals surface area contributed by atoms with Crippen LogP contribution in [0.3, 0.4) is 0 Å². The van der Waals surface area contributed by atoms with Crippen molar-refractivity contribution in [1.82, 2.24) is 4.90 Å². The van der Waals surface area contributed by atoms with Gasteiger partial charge in [-0.1, -0.05) is 30.3 Å². The van der Waals surface area contributed by atoms with E-state index in [1.807, 2.05) is 29.2 Å². The Balaban J connectivity index is 1.61. The van der Waals surface area contributed by atoms with E-state index in [1.165, 1.54) is 23.3 Å². The molecule has 0 atom stereocenters. The predicted octanol–water partition coefficient (Wildman–Crippen LogP) is 3.66. The van der Waals surface area contributed by atoms with Gasteiger partial charge in [-0.3, -0.25) is 9.69 Å². The second-order valence-corrected chi connectivity index (χ2v) is 5.54. The SMILES string of the molecule is O=C(CN1Cc2ccccc2C1)Nc1cccc(C(F)(F)F)c1. The van der Waals surface area contributed by atoms with Crippen LogP contribution in [0.15, 0.2) is 48.5 Å². The Labute approximate surface area is 131 Å². The van der Waals surface area contributed by atoms with E-state index in [0.717, 1.165) is 12.1 Å². The quantitative estimate of drug-likeness (QED) is 0.936. The van der Waals surface area contributed by atoms with E-state index >= 15 is 0 Å². The first-order valence-electron chi connectivity index (χ1n) is 7.18. The molecule has 0 aromatic heterocycles. The van der Waals surface area contributed by atoms with Gasteiger partial charge < -0.3 is 5.32 Å². The number of hydrogen-bond acceptors (Lipinski definition) is 2. The number of carbonyl (C=O) groups excluding carboxylic acids is 1. The Morgan fingerprint density at radius 2 is 1.70 bits per heavy atom. The van der Waals surface area contributed by atoms with Crippen molar-refractivity contribution in [3.63, 3.8) is 0 Å². The summed E-state index contributed by atoms with van der Waals surface area (Å²) < 4.78 is 38.0. The van der Waals surface area contributed by atoms with Crippen LogP contribution in [0.1, 0.15) is 16.7 Å². The summed E-state index contributed by atoms with van der Waals surface area (Å²) in [7, 11) is 0. The minimum absolute atomic E-state index is 0.144. The number of hydrogen-bond donors (Lipinski definition) is 1. The molecule has 0 unspecified atom stereocenters. The van der Waals surface area contributed by atoms with Crippen LogP contribution in [0.4, 0.5) is 18.9 Å². The molecule has 0 saturated carbocycles. The fraction of sp³-hybridized carbons (Fsp3) is 0.235. The number of anilines is 1. The molecule has 2 aromatic carbocycles. The molecule has 3 nitrogen and oxygen atoms in total. The lowest BCUT2D eigenvalue weighted by atomic mass is 10.1. The standard InChI is InChI=1S/C17H15F3N2O/c18-17(19,20)14-6-3-7-15(8-14)21-16(23)11-22-9-12-4-1-2-5-13(12)10-22/h1-8H,9-11H2,(H,21,23). The molecule has 0 bridgehead atoms. The highest BCUT2D eigenvalue weighted by atomic mass is 19.4. The second-order valence-electron chi connectivity index (χ2n) is 5.54. The lowest BCUT2D eigenvalue weighted by Gasteiger charge is -2.15. The fourth-order valence-corrected chi connectivity index (χ4v) is 2.69. The average Bonchev–Trinajstić information content (AvgIpc) is 2.88. The number of nitrogens with one attached hydrogen (secondary N) is 1. The van der Waals surface area contributed by atoms with Gasteiger partial charge in [-0.25, -0.2) is 0 Å². The first kappa shape index (κ1) is 15.6. The second kappa shape index (κ2) is 6.04. The highest BCUT2D eigenvalue weighted by Crippen LogP contribution is 2.30. The van der Waals surface area contributed by atoms with Gasteiger partial charge >= 0.3 is 6.18 Å². The Morgan fingerprint density at radius 1 is 1.04 bits per heavy atom. The van der Waals surface area contributed by atoms with Crippen molar-refractivity contribution in [2.24, 2.45) is 0 Å². The molecule has 23 heavy (non-hydrogen) atoms.